The van der Waals surface area contributed by atoms with E-state index in [2.05, 4.69) is 16.9 Å². The lowest BCUT2D eigenvalue weighted by molar-refractivity contribution is 1.04. The molecule has 1 aromatic heterocycles. The maximum absolute atomic E-state index is 6.26. The molecule has 0 saturated heterocycles. The summed E-state index contributed by atoms with van der Waals surface area (Å²) in [5, 5.41) is 0.828. The first-order valence-electron chi connectivity index (χ1n) is 5.98. The molecule has 0 aliphatic rings. The van der Waals surface area contributed by atoms with Crippen LogP contribution in [0.25, 0.3) is 11.1 Å². The molecule has 0 N–H and O–H groups in total. The van der Waals surface area contributed by atoms with Gasteiger partial charge in [0.1, 0.15) is 16.1 Å². The fraction of sp³-hybridized carbons (Fsp3) is 0.286. The van der Waals surface area contributed by atoms with E-state index in [9.17, 15) is 0 Å². The van der Waals surface area contributed by atoms with Crippen LogP contribution in [0.15, 0.2) is 24.3 Å². The Morgan fingerprint density at radius 2 is 1.84 bits per heavy atom. The van der Waals surface area contributed by atoms with Crippen molar-refractivity contribution in [3.8, 4) is 11.1 Å². The standard InChI is InChI=1S/C14H14Cl2N2S/c1-3-19-8-11-17-13(15)12(14(16)18-11)10-6-4-5-9(2)7-10/h4-7H,3,8H2,1-2H3. The minimum absolute atomic E-state index is 0.414. The number of nitrogens with zero attached hydrogens (tertiary/aromatic N) is 2. The van der Waals surface area contributed by atoms with E-state index in [0.717, 1.165) is 22.6 Å². The van der Waals surface area contributed by atoms with Crippen LogP contribution in [0, 0.1) is 6.92 Å². The van der Waals surface area contributed by atoms with E-state index in [-0.39, 0.29) is 0 Å². The normalized spacial score (nSPS) is 10.7. The Hall–Kier alpha value is -0.770. The third kappa shape index (κ3) is 3.62. The topological polar surface area (TPSA) is 25.8 Å². The van der Waals surface area contributed by atoms with E-state index >= 15 is 0 Å². The monoisotopic (exact) mass is 312 g/mol. The molecule has 2 rings (SSSR count). The van der Waals surface area contributed by atoms with Gasteiger partial charge in [-0.2, -0.15) is 11.8 Å². The van der Waals surface area contributed by atoms with Gasteiger partial charge in [-0.1, -0.05) is 60.0 Å². The molecule has 0 unspecified atom stereocenters. The highest BCUT2D eigenvalue weighted by atomic mass is 35.5. The molecular weight excluding hydrogens is 299 g/mol. The molecule has 5 heteroatoms. The zero-order chi connectivity index (χ0) is 13.8. The van der Waals surface area contributed by atoms with Crippen LogP contribution >= 0.6 is 35.0 Å². The number of thioether (sulfide) groups is 1. The van der Waals surface area contributed by atoms with Crippen molar-refractivity contribution in [2.45, 2.75) is 19.6 Å². The first kappa shape index (κ1) is 14.6. The van der Waals surface area contributed by atoms with Crippen LogP contribution in [0.5, 0.6) is 0 Å². The summed E-state index contributed by atoms with van der Waals surface area (Å²) in [6, 6.07) is 7.98. The highest BCUT2D eigenvalue weighted by Crippen LogP contribution is 2.33. The van der Waals surface area contributed by atoms with Crippen LogP contribution in [0.3, 0.4) is 0 Å². The minimum atomic E-state index is 0.414. The fourth-order valence-corrected chi connectivity index (χ4v) is 2.90. The van der Waals surface area contributed by atoms with Crippen LogP contribution in [-0.4, -0.2) is 15.7 Å². The van der Waals surface area contributed by atoms with Crippen molar-refractivity contribution in [3.63, 3.8) is 0 Å². The molecule has 0 aliphatic carbocycles. The maximum Gasteiger partial charge on any atom is 0.142 e. The van der Waals surface area contributed by atoms with Gasteiger partial charge in [0, 0.05) is 0 Å². The Morgan fingerprint density at radius 3 is 2.42 bits per heavy atom. The van der Waals surface area contributed by atoms with Gasteiger partial charge < -0.3 is 0 Å². The molecule has 1 heterocycles. The number of hydrogen-bond donors (Lipinski definition) is 0. The summed E-state index contributed by atoms with van der Waals surface area (Å²) in [6.07, 6.45) is 0. The molecule has 0 radical (unpaired) electrons. The molecule has 0 aliphatic heterocycles. The number of aromatic nitrogens is 2. The predicted molar refractivity (Wildman–Crippen MR) is 84.1 cm³/mol. The van der Waals surface area contributed by atoms with E-state index in [1.54, 1.807) is 11.8 Å². The SMILES string of the molecule is CCSCc1nc(Cl)c(-c2cccc(C)c2)c(Cl)n1. The number of benzene rings is 1. The summed E-state index contributed by atoms with van der Waals surface area (Å²) in [4.78, 5) is 8.65. The molecule has 0 spiro atoms. The van der Waals surface area contributed by atoms with Crippen molar-refractivity contribution in [2.24, 2.45) is 0 Å². The molecule has 0 amide bonds. The second-order valence-corrected chi connectivity index (χ2v) is 6.09. The van der Waals surface area contributed by atoms with Crippen LogP contribution in [-0.2, 0) is 5.75 Å². The molecule has 0 fully saturated rings. The Labute approximate surface area is 127 Å². The van der Waals surface area contributed by atoms with Crippen molar-refractivity contribution < 1.29 is 0 Å². The smallest absolute Gasteiger partial charge is 0.142 e. The molecule has 2 aromatic rings. The Morgan fingerprint density at radius 1 is 1.16 bits per heavy atom. The highest BCUT2D eigenvalue weighted by Gasteiger charge is 2.13. The second kappa shape index (κ2) is 6.60. The van der Waals surface area contributed by atoms with Crippen molar-refractivity contribution >= 4 is 35.0 Å². The van der Waals surface area contributed by atoms with Crippen molar-refractivity contribution in [1.29, 1.82) is 0 Å². The molecule has 2 nitrogen and oxygen atoms in total. The second-order valence-electron chi connectivity index (χ2n) is 4.10. The zero-order valence-corrected chi connectivity index (χ0v) is 13.1. The van der Waals surface area contributed by atoms with E-state index in [4.69, 9.17) is 23.2 Å². The number of hydrogen-bond acceptors (Lipinski definition) is 3. The van der Waals surface area contributed by atoms with E-state index in [0.29, 0.717) is 21.7 Å². The van der Waals surface area contributed by atoms with Crippen molar-refractivity contribution in [1.82, 2.24) is 9.97 Å². The summed E-state index contributed by atoms with van der Waals surface area (Å²) < 4.78 is 0. The third-order valence-corrected chi connectivity index (χ3v) is 4.03. The number of halogens is 2. The first-order chi connectivity index (χ1) is 9.11. The van der Waals surface area contributed by atoms with Crippen LogP contribution in [0.1, 0.15) is 18.3 Å². The molecule has 100 valence electrons. The molecule has 0 bridgehead atoms. The van der Waals surface area contributed by atoms with Gasteiger partial charge in [0.05, 0.1) is 11.3 Å². The molecular formula is C14H14Cl2N2S. The Kier molecular flexibility index (Phi) is 5.08. The first-order valence-corrected chi connectivity index (χ1v) is 7.89. The van der Waals surface area contributed by atoms with Gasteiger partial charge in [-0.3, -0.25) is 0 Å². The van der Waals surface area contributed by atoms with Crippen LogP contribution in [0.4, 0.5) is 0 Å². The van der Waals surface area contributed by atoms with Gasteiger partial charge in [0.2, 0.25) is 0 Å². The molecule has 0 saturated carbocycles. The summed E-state index contributed by atoms with van der Waals surface area (Å²) in [7, 11) is 0. The van der Waals surface area contributed by atoms with Crippen molar-refractivity contribution in [3.05, 3.63) is 46.0 Å². The predicted octanol–water partition coefficient (Wildman–Crippen LogP) is 5.01. The lowest BCUT2D eigenvalue weighted by Crippen LogP contribution is -1.97. The summed E-state index contributed by atoms with van der Waals surface area (Å²) in [6.45, 7) is 4.12. The van der Waals surface area contributed by atoms with E-state index in [1.807, 2.05) is 31.2 Å². The fourth-order valence-electron chi connectivity index (χ4n) is 1.75. The Balaban J connectivity index is 2.42. The quantitative estimate of drug-likeness (QED) is 0.742. The zero-order valence-electron chi connectivity index (χ0n) is 10.8. The van der Waals surface area contributed by atoms with Gasteiger partial charge in [-0.15, -0.1) is 0 Å². The molecule has 1 aromatic carbocycles. The average Bonchev–Trinajstić information content (AvgIpc) is 2.35. The third-order valence-electron chi connectivity index (χ3n) is 2.61. The summed E-state index contributed by atoms with van der Waals surface area (Å²) >= 11 is 14.3. The Bertz CT molecular complexity index is 564. The lowest BCUT2D eigenvalue weighted by Gasteiger charge is -2.09. The highest BCUT2D eigenvalue weighted by molar-refractivity contribution is 7.98. The van der Waals surface area contributed by atoms with E-state index < -0.39 is 0 Å². The van der Waals surface area contributed by atoms with Crippen LogP contribution < -0.4 is 0 Å². The average molecular weight is 313 g/mol. The minimum Gasteiger partial charge on any atom is -0.220 e. The van der Waals surface area contributed by atoms with Crippen LogP contribution in [0.2, 0.25) is 10.3 Å². The number of aryl methyl sites for hydroxylation is 1. The van der Waals surface area contributed by atoms with Gasteiger partial charge in [0.15, 0.2) is 0 Å². The van der Waals surface area contributed by atoms with E-state index in [1.165, 1.54) is 0 Å². The van der Waals surface area contributed by atoms with Gasteiger partial charge in [-0.05, 0) is 18.2 Å². The maximum atomic E-state index is 6.26. The van der Waals surface area contributed by atoms with Crippen molar-refractivity contribution in [2.75, 3.05) is 5.75 Å². The lowest BCUT2D eigenvalue weighted by atomic mass is 10.1. The summed E-state index contributed by atoms with van der Waals surface area (Å²) in [5.41, 5.74) is 2.80. The number of rotatable bonds is 4. The largest absolute Gasteiger partial charge is 0.220 e. The molecule has 0 atom stereocenters. The van der Waals surface area contributed by atoms with Gasteiger partial charge >= 0.3 is 0 Å². The molecule has 19 heavy (non-hydrogen) atoms. The van der Waals surface area contributed by atoms with Gasteiger partial charge in [-0.25, -0.2) is 9.97 Å². The van der Waals surface area contributed by atoms with Gasteiger partial charge in [0.25, 0.3) is 0 Å². The summed E-state index contributed by atoms with van der Waals surface area (Å²) in [5.74, 6) is 2.42.